The van der Waals surface area contributed by atoms with Gasteiger partial charge < -0.3 is 9.84 Å². The van der Waals surface area contributed by atoms with Crippen LogP contribution in [0.2, 0.25) is 0 Å². The molecule has 5 nitrogen and oxygen atoms in total. The molecular weight excluding hydrogens is 224 g/mol. The van der Waals surface area contributed by atoms with E-state index in [2.05, 4.69) is 4.74 Å². The Hall–Kier alpha value is -1.76. The lowest BCUT2D eigenvalue weighted by Gasteiger charge is -2.13. The molecule has 16 heavy (non-hydrogen) atoms. The SMILES string of the molecule is O=[N+]([O-])c1cccc(OCC(F)(F)CO)c1. The number of hydrogen-bond acceptors (Lipinski definition) is 4. The lowest BCUT2D eigenvalue weighted by Crippen LogP contribution is -2.29. The van der Waals surface area contributed by atoms with Crippen molar-refractivity contribution < 1.29 is 23.5 Å². The van der Waals surface area contributed by atoms with Crippen molar-refractivity contribution >= 4 is 5.69 Å². The smallest absolute Gasteiger partial charge is 0.303 e. The first kappa shape index (κ1) is 12.3. The van der Waals surface area contributed by atoms with Crippen molar-refractivity contribution in [3.05, 3.63) is 34.4 Å². The van der Waals surface area contributed by atoms with Crippen LogP contribution < -0.4 is 4.74 Å². The third-order valence-electron chi connectivity index (χ3n) is 1.71. The maximum absolute atomic E-state index is 12.6. The van der Waals surface area contributed by atoms with Gasteiger partial charge in [0.2, 0.25) is 0 Å². The minimum atomic E-state index is -3.36. The Kier molecular flexibility index (Phi) is 3.73. The summed E-state index contributed by atoms with van der Waals surface area (Å²) in [6.45, 7) is -2.35. The van der Waals surface area contributed by atoms with Gasteiger partial charge in [-0.3, -0.25) is 10.1 Å². The maximum Gasteiger partial charge on any atom is 0.303 e. The van der Waals surface area contributed by atoms with E-state index in [1.807, 2.05) is 0 Å². The van der Waals surface area contributed by atoms with Crippen LogP contribution in [0.15, 0.2) is 24.3 Å². The van der Waals surface area contributed by atoms with E-state index in [-0.39, 0.29) is 11.4 Å². The average Bonchev–Trinajstić information content (AvgIpc) is 2.27. The van der Waals surface area contributed by atoms with Gasteiger partial charge in [-0.2, -0.15) is 0 Å². The predicted molar refractivity (Wildman–Crippen MR) is 50.6 cm³/mol. The number of ether oxygens (including phenoxy) is 1. The molecule has 0 bridgehead atoms. The highest BCUT2D eigenvalue weighted by molar-refractivity contribution is 5.37. The summed E-state index contributed by atoms with van der Waals surface area (Å²) in [7, 11) is 0. The molecule has 1 N–H and O–H groups in total. The van der Waals surface area contributed by atoms with E-state index >= 15 is 0 Å². The van der Waals surface area contributed by atoms with Crippen molar-refractivity contribution in [2.24, 2.45) is 0 Å². The largest absolute Gasteiger partial charge is 0.487 e. The van der Waals surface area contributed by atoms with Crippen LogP contribution in [0.1, 0.15) is 0 Å². The van der Waals surface area contributed by atoms with Crippen LogP contribution in [-0.4, -0.2) is 29.2 Å². The molecule has 1 rings (SSSR count). The van der Waals surface area contributed by atoms with Gasteiger partial charge in [0.25, 0.3) is 5.69 Å². The zero-order valence-corrected chi connectivity index (χ0v) is 8.10. The molecule has 0 saturated carbocycles. The number of hydrogen-bond donors (Lipinski definition) is 1. The molecule has 7 heteroatoms. The first-order valence-electron chi connectivity index (χ1n) is 4.30. The van der Waals surface area contributed by atoms with Gasteiger partial charge >= 0.3 is 5.92 Å². The standard InChI is InChI=1S/C9H9F2NO4/c10-9(11,5-13)6-16-8-3-1-2-7(4-8)12(14)15/h1-4,13H,5-6H2. The van der Waals surface area contributed by atoms with E-state index in [1.165, 1.54) is 18.2 Å². The summed E-state index contributed by atoms with van der Waals surface area (Å²) in [5.41, 5.74) is -0.246. The minimum absolute atomic E-state index is 0.0395. The Bertz CT molecular complexity index is 384. The second-order valence-corrected chi connectivity index (χ2v) is 3.06. The topological polar surface area (TPSA) is 72.6 Å². The first-order chi connectivity index (χ1) is 7.44. The number of aliphatic hydroxyl groups excluding tert-OH is 1. The second-order valence-electron chi connectivity index (χ2n) is 3.06. The van der Waals surface area contributed by atoms with Gasteiger partial charge in [0, 0.05) is 6.07 Å². The van der Waals surface area contributed by atoms with Crippen molar-refractivity contribution in [1.82, 2.24) is 0 Å². The van der Waals surface area contributed by atoms with Gasteiger partial charge in [0.15, 0.2) is 6.61 Å². The maximum atomic E-state index is 12.6. The van der Waals surface area contributed by atoms with Gasteiger partial charge in [0.05, 0.1) is 11.0 Å². The fourth-order valence-corrected chi connectivity index (χ4v) is 0.921. The number of aliphatic hydroxyl groups is 1. The Morgan fingerprint density at radius 3 is 2.75 bits per heavy atom. The number of halogens is 2. The summed E-state index contributed by atoms with van der Waals surface area (Å²) in [6, 6.07) is 4.90. The fraction of sp³-hybridized carbons (Fsp3) is 0.333. The molecule has 1 aromatic rings. The van der Waals surface area contributed by atoms with Crippen LogP contribution in [0.25, 0.3) is 0 Å². The molecule has 0 spiro atoms. The highest BCUT2D eigenvalue weighted by Gasteiger charge is 2.28. The summed E-state index contributed by atoms with van der Waals surface area (Å²) in [4.78, 5) is 9.72. The Balaban J connectivity index is 2.68. The quantitative estimate of drug-likeness (QED) is 0.619. The first-order valence-corrected chi connectivity index (χ1v) is 4.30. The van der Waals surface area contributed by atoms with Gasteiger partial charge in [-0.1, -0.05) is 6.07 Å². The lowest BCUT2D eigenvalue weighted by molar-refractivity contribution is -0.385. The van der Waals surface area contributed by atoms with E-state index in [0.29, 0.717) is 0 Å². The molecule has 0 radical (unpaired) electrons. The Labute approximate surface area is 89.4 Å². The number of benzene rings is 1. The molecule has 0 atom stereocenters. The average molecular weight is 233 g/mol. The summed E-state index contributed by atoms with van der Waals surface area (Å²) in [5.74, 6) is -3.40. The van der Waals surface area contributed by atoms with Crippen molar-refractivity contribution in [3.63, 3.8) is 0 Å². The number of rotatable bonds is 5. The van der Waals surface area contributed by atoms with Crippen LogP contribution in [-0.2, 0) is 0 Å². The normalized spacial score (nSPS) is 11.2. The monoisotopic (exact) mass is 233 g/mol. The van der Waals surface area contributed by atoms with Crippen LogP contribution in [0, 0.1) is 10.1 Å². The Morgan fingerprint density at radius 2 is 2.19 bits per heavy atom. The van der Waals surface area contributed by atoms with Crippen LogP contribution in [0.4, 0.5) is 14.5 Å². The zero-order chi connectivity index (χ0) is 12.2. The fourth-order valence-electron chi connectivity index (χ4n) is 0.921. The van der Waals surface area contributed by atoms with E-state index in [1.54, 1.807) is 0 Å². The lowest BCUT2D eigenvalue weighted by atomic mass is 10.3. The minimum Gasteiger partial charge on any atom is -0.487 e. The summed E-state index contributed by atoms with van der Waals surface area (Å²) < 4.78 is 29.8. The van der Waals surface area contributed by atoms with Crippen LogP contribution in [0.3, 0.4) is 0 Å². The molecule has 0 aliphatic rings. The van der Waals surface area contributed by atoms with Gasteiger partial charge in [-0.15, -0.1) is 0 Å². The summed E-state index contributed by atoms with van der Waals surface area (Å²) >= 11 is 0. The predicted octanol–water partition coefficient (Wildman–Crippen LogP) is 1.60. The van der Waals surface area contributed by atoms with Gasteiger partial charge in [0.1, 0.15) is 12.4 Å². The van der Waals surface area contributed by atoms with Gasteiger partial charge in [-0.05, 0) is 6.07 Å². The van der Waals surface area contributed by atoms with E-state index in [9.17, 15) is 18.9 Å². The third kappa shape index (κ3) is 3.43. The highest BCUT2D eigenvalue weighted by atomic mass is 19.3. The molecule has 0 aliphatic carbocycles. The summed E-state index contributed by atoms with van der Waals surface area (Å²) in [6.07, 6.45) is 0. The van der Waals surface area contributed by atoms with Crippen molar-refractivity contribution in [2.45, 2.75) is 5.92 Å². The zero-order valence-electron chi connectivity index (χ0n) is 8.10. The molecule has 0 saturated heterocycles. The second kappa shape index (κ2) is 4.84. The van der Waals surface area contributed by atoms with E-state index in [0.717, 1.165) is 6.07 Å². The number of non-ortho nitro benzene ring substituents is 1. The number of nitro groups is 1. The van der Waals surface area contributed by atoms with Crippen LogP contribution in [0.5, 0.6) is 5.75 Å². The van der Waals surface area contributed by atoms with Crippen LogP contribution >= 0.6 is 0 Å². The molecule has 0 amide bonds. The van der Waals surface area contributed by atoms with Crippen molar-refractivity contribution in [2.75, 3.05) is 13.2 Å². The molecule has 0 aromatic heterocycles. The molecule has 88 valence electrons. The molecule has 0 fully saturated rings. The number of nitro benzene ring substituents is 1. The van der Waals surface area contributed by atoms with Gasteiger partial charge in [-0.25, -0.2) is 8.78 Å². The summed E-state index contributed by atoms with van der Waals surface area (Å²) in [5, 5.41) is 18.6. The number of nitrogens with zero attached hydrogens (tertiary/aromatic N) is 1. The van der Waals surface area contributed by atoms with Crippen molar-refractivity contribution in [3.8, 4) is 5.75 Å². The number of alkyl halides is 2. The Morgan fingerprint density at radius 1 is 1.50 bits per heavy atom. The van der Waals surface area contributed by atoms with E-state index < -0.39 is 24.1 Å². The van der Waals surface area contributed by atoms with Crippen molar-refractivity contribution in [1.29, 1.82) is 0 Å². The molecule has 0 heterocycles. The molecule has 0 aliphatic heterocycles. The third-order valence-corrected chi connectivity index (χ3v) is 1.71. The molecule has 1 aromatic carbocycles. The molecular formula is C9H9F2NO4. The highest BCUT2D eigenvalue weighted by Crippen LogP contribution is 2.21. The molecule has 0 unspecified atom stereocenters. The van der Waals surface area contributed by atoms with E-state index in [4.69, 9.17) is 5.11 Å².